The van der Waals surface area contributed by atoms with E-state index in [1.807, 2.05) is 51.1 Å². The van der Waals surface area contributed by atoms with Crippen molar-refractivity contribution < 1.29 is 14.1 Å². The van der Waals surface area contributed by atoms with Crippen molar-refractivity contribution in [3.05, 3.63) is 76.4 Å². The van der Waals surface area contributed by atoms with E-state index in [4.69, 9.17) is 9.26 Å². The van der Waals surface area contributed by atoms with Gasteiger partial charge in [-0.05, 0) is 38.1 Å². The van der Waals surface area contributed by atoms with E-state index in [2.05, 4.69) is 20.4 Å². The van der Waals surface area contributed by atoms with Crippen LogP contribution in [-0.4, -0.2) is 36.8 Å². The summed E-state index contributed by atoms with van der Waals surface area (Å²) in [6.07, 6.45) is 2.11. The molecule has 0 radical (unpaired) electrons. The smallest absolute Gasteiger partial charge is 0.278 e. The molecule has 0 aliphatic rings. The molecule has 0 bridgehead atoms. The van der Waals surface area contributed by atoms with Crippen molar-refractivity contribution in [2.75, 3.05) is 11.9 Å². The third-order valence-electron chi connectivity index (χ3n) is 5.88. The van der Waals surface area contributed by atoms with Gasteiger partial charge in [0, 0.05) is 11.8 Å². The van der Waals surface area contributed by atoms with Crippen LogP contribution in [0, 0.1) is 6.92 Å². The van der Waals surface area contributed by atoms with Crippen molar-refractivity contribution in [2.24, 2.45) is 0 Å². The number of carbonyl (C=O) groups excluding carboxylic acids is 1. The zero-order chi connectivity index (χ0) is 25.2. The number of para-hydroxylation sites is 2. The molecule has 184 valence electrons. The van der Waals surface area contributed by atoms with E-state index in [0.717, 1.165) is 16.5 Å². The molecule has 0 fully saturated rings. The third-order valence-corrected chi connectivity index (χ3v) is 5.88. The molecule has 0 aliphatic heterocycles. The Hall–Kier alpha value is -4.47. The summed E-state index contributed by atoms with van der Waals surface area (Å²) in [6, 6.07) is 13.1. The van der Waals surface area contributed by atoms with Crippen molar-refractivity contribution in [1.29, 1.82) is 0 Å². The van der Waals surface area contributed by atoms with Gasteiger partial charge in [0.05, 0.1) is 24.1 Å². The summed E-state index contributed by atoms with van der Waals surface area (Å²) in [5.74, 6) is 1.18. The summed E-state index contributed by atoms with van der Waals surface area (Å²) in [4.78, 5) is 35.7. The maximum atomic E-state index is 13.6. The van der Waals surface area contributed by atoms with Crippen LogP contribution in [0.15, 0.2) is 58.1 Å². The second-order valence-electron chi connectivity index (χ2n) is 8.42. The molecule has 10 nitrogen and oxygen atoms in total. The van der Waals surface area contributed by atoms with Gasteiger partial charge in [-0.3, -0.25) is 14.2 Å². The summed E-state index contributed by atoms with van der Waals surface area (Å²) in [5, 5.41) is 7.61. The fourth-order valence-corrected chi connectivity index (χ4v) is 4.22. The van der Waals surface area contributed by atoms with Crippen molar-refractivity contribution in [3.63, 3.8) is 0 Å². The highest BCUT2D eigenvalue weighted by Crippen LogP contribution is 2.28. The Morgan fingerprint density at radius 1 is 1.17 bits per heavy atom. The van der Waals surface area contributed by atoms with E-state index in [1.165, 1.54) is 10.9 Å². The monoisotopic (exact) mass is 486 g/mol. The summed E-state index contributed by atoms with van der Waals surface area (Å²) in [5.41, 5.74) is 2.92. The van der Waals surface area contributed by atoms with Crippen molar-refractivity contribution >= 4 is 33.5 Å². The van der Waals surface area contributed by atoms with Gasteiger partial charge in [-0.1, -0.05) is 35.8 Å². The number of aryl methyl sites for hydroxylation is 2. The lowest BCUT2D eigenvalue weighted by atomic mass is 10.1. The van der Waals surface area contributed by atoms with E-state index >= 15 is 0 Å². The molecular weight excluding hydrogens is 460 g/mol. The number of hydrogen-bond donors (Lipinski definition) is 1. The Balaban J connectivity index is 1.57. The first-order valence-corrected chi connectivity index (χ1v) is 11.8. The van der Waals surface area contributed by atoms with Gasteiger partial charge in [-0.2, -0.15) is 4.98 Å². The fraction of sp³-hybridized carbons (Fsp3) is 0.269. The largest absolute Gasteiger partial charge is 0.492 e. The van der Waals surface area contributed by atoms with Gasteiger partial charge in [-0.15, -0.1) is 0 Å². The zero-order valence-corrected chi connectivity index (χ0v) is 20.3. The normalized spacial score (nSPS) is 11.3. The standard InChI is InChI=1S/C26H26N6O4/c1-4-21-29-23(36-30-21)14-31-15-27-24-17-12-16(3)10-11-19(17)32(25(24)26(31)34)13-22(33)28-18-8-6-7-9-20(18)35-5-2/h6-12,15H,4-5,13-14H2,1-3H3,(H,28,33). The van der Waals surface area contributed by atoms with Crippen LogP contribution in [0.25, 0.3) is 21.9 Å². The maximum Gasteiger partial charge on any atom is 0.278 e. The molecule has 3 aromatic heterocycles. The average molecular weight is 487 g/mol. The quantitative estimate of drug-likeness (QED) is 0.355. The van der Waals surface area contributed by atoms with E-state index in [0.29, 0.717) is 47.2 Å². The van der Waals surface area contributed by atoms with E-state index in [9.17, 15) is 9.59 Å². The van der Waals surface area contributed by atoms with Crippen LogP contribution < -0.4 is 15.6 Å². The Labute approximate surface area is 206 Å². The molecule has 5 rings (SSSR count). The predicted octanol–water partition coefficient (Wildman–Crippen LogP) is 3.69. The molecule has 10 heteroatoms. The first kappa shape index (κ1) is 23.3. The van der Waals surface area contributed by atoms with E-state index in [-0.39, 0.29) is 24.6 Å². The van der Waals surface area contributed by atoms with Gasteiger partial charge in [0.15, 0.2) is 5.82 Å². The molecule has 0 unspecified atom stereocenters. The molecule has 0 saturated heterocycles. The molecule has 5 aromatic rings. The Morgan fingerprint density at radius 2 is 2.00 bits per heavy atom. The van der Waals surface area contributed by atoms with Crippen LogP contribution in [0.5, 0.6) is 5.75 Å². The molecule has 1 N–H and O–H groups in total. The average Bonchev–Trinajstić information content (AvgIpc) is 3.45. The van der Waals surface area contributed by atoms with Crippen LogP contribution in [0.4, 0.5) is 5.69 Å². The summed E-state index contributed by atoms with van der Waals surface area (Å²) >= 11 is 0. The first-order chi connectivity index (χ1) is 17.5. The first-order valence-electron chi connectivity index (χ1n) is 11.8. The highest BCUT2D eigenvalue weighted by atomic mass is 16.5. The Bertz CT molecular complexity index is 1630. The highest BCUT2D eigenvalue weighted by Gasteiger charge is 2.20. The number of ether oxygens (including phenoxy) is 1. The number of benzene rings is 2. The summed E-state index contributed by atoms with van der Waals surface area (Å²) in [7, 11) is 0. The number of amides is 1. The zero-order valence-electron chi connectivity index (χ0n) is 20.3. The maximum absolute atomic E-state index is 13.6. The molecule has 2 aromatic carbocycles. The van der Waals surface area contributed by atoms with Crippen LogP contribution >= 0.6 is 0 Å². The molecule has 0 aliphatic carbocycles. The van der Waals surface area contributed by atoms with E-state index in [1.54, 1.807) is 16.7 Å². The lowest BCUT2D eigenvalue weighted by Gasteiger charge is -2.12. The number of carbonyl (C=O) groups is 1. The molecule has 0 atom stereocenters. The molecule has 36 heavy (non-hydrogen) atoms. The molecule has 0 saturated carbocycles. The molecular formula is C26H26N6O4. The van der Waals surface area contributed by atoms with Gasteiger partial charge in [0.25, 0.3) is 5.56 Å². The number of rotatable bonds is 8. The van der Waals surface area contributed by atoms with E-state index < -0.39 is 0 Å². The third kappa shape index (κ3) is 4.33. The minimum atomic E-state index is -0.299. The number of nitrogens with one attached hydrogen (secondary N) is 1. The lowest BCUT2D eigenvalue weighted by molar-refractivity contribution is -0.116. The number of hydrogen-bond acceptors (Lipinski definition) is 7. The topological polar surface area (TPSA) is 117 Å². The van der Waals surface area contributed by atoms with Crippen molar-refractivity contribution in [2.45, 2.75) is 40.3 Å². The van der Waals surface area contributed by atoms with Gasteiger partial charge in [-0.25, -0.2) is 4.98 Å². The van der Waals surface area contributed by atoms with Crippen LogP contribution in [0.3, 0.4) is 0 Å². The minimum Gasteiger partial charge on any atom is -0.492 e. The molecule has 3 heterocycles. The number of aromatic nitrogens is 5. The van der Waals surface area contributed by atoms with Gasteiger partial charge < -0.3 is 19.1 Å². The Morgan fingerprint density at radius 3 is 2.78 bits per heavy atom. The second kappa shape index (κ2) is 9.65. The highest BCUT2D eigenvalue weighted by molar-refractivity contribution is 6.06. The van der Waals surface area contributed by atoms with Gasteiger partial charge in [0.1, 0.15) is 29.9 Å². The van der Waals surface area contributed by atoms with Crippen LogP contribution in [0.2, 0.25) is 0 Å². The van der Waals surface area contributed by atoms with Gasteiger partial charge in [0.2, 0.25) is 11.8 Å². The van der Waals surface area contributed by atoms with Crippen LogP contribution in [0.1, 0.15) is 31.1 Å². The predicted molar refractivity (Wildman–Crippen MR) is 135 cm³/mol. The fourth-order valence-electron chi connectivity index (χ4n) is 4.22. The minimum absolute atomic E-state index is 0.0784. The van der Waals surface area contributed by atoms with Crippen LogP contribution in [-0.2, 0) is 24.3 Å². The number of anilines is 1. The Kier molecular flexibility index (Phi) is 6.24. The SMILES string of the molecule is CCOc1ccccc1NC(=O)Cn1c2ccc(C)cc2c2ncn(Cc3nc(CC)no3)c(=O)c21. The van der Waals surface area contributed by atoms with Crippen molar-refractivity contribution in [3.8, 4) is 5.75 Å². The number of nitrogens with zero attached hydrogens (tertiary/aromatic N) is 5. The molecule has 1 amide bonds. The van der Waals surface area contributed by atoms with Crippen molar-refractivity contribution in [1.82, 2.24) is 24.3 Å². The number of fused-ring (bicyclic) bond motifs is 3. The summed E-state index contributed by atoms with van der Waals surface area (Å²) < 4.78 is 14.0. The second-order valence-corrected chi connectivity index (χ2v) is 8.42. The summed E-state index contributed by atoms with van der Waals surface area (Å²) in [6.45, 7) is 6.27. The molecule has 0 spiro atoms. The van der Waals surface area contributed by atoms with Gasteiger partial charge >= 0.3 is 0 Å². The lowest BCUT2D eigenvalue weighted by Crippen LogP contribution is -2.25.